The van der Waals surface area contributed by atoms with Crippen molar-refractivity contribution in [2.45, 2.75) is 25.5 Å². The smallest absolute Gasteiger partial charge is 0.138 e. The summed E-state index contributed by atoms with van der Waals surface area (Å²) in [7, 11) is 0. The van der Waals surface area contributed by atoms with Crippen molar-refractivity contribution in [1.29, 1.82) is 0 Å². The van der Waals surface area contributed by atoms with Gasteiger partial charge in [0.2, 0.25) is 0 Å². The molecule has 0 radical (unpaired) electrons. The third kappa shape index (κ3) is 5.23. The summed E-state index contributed by atoms with van der Waals surface area (Å²) in [6, 6.07) is 7.31. The standard InChI is InChI=1S/C13H20ClNO3/c1-2-10(8-16)15-7-11(17)9-18-13-6-4-3-5-12(13)14/h3-6,10-11,15-17H,2,7-9H2,1H3/p+1/t10-,11+/m1/s1. The molecule has 0 aliphatic heterocycles. The summed E-state index contributed by atoms with van der Waals surface area (Å²) < 4.78 is 5.43. The van der Waals surface area contributed by atoms with Gasteiger partial charge in [-0.15, -0.1) is 0 Å². The van der Waals surface area contributed by atoms with Crippen LogP contribution in [-0.2, 0) is 0 Å². The van der Waals surface area contributed by atoms with Gasteiger partial charge in [0, 0.05) is 0 Å². The van der Waals surface area contributed by atoms with E-state index in [9.17, 15) is 5.11 Å². The molecule has 4 N–H and O–H groups in total. The van der Waals surface area contributed by atoms with E-state index >= 15 is 0 Å². The third-order valence-corrected chi connectivity index (χ3v) is 3.08. The van der Waals surface area contributed by atoms with Crippen molar-refractivity contribution < 1.29 is 20.3 Å². The molecule has 0 unspecified atom stereocenters. The van der Waals surface area contributed by atoms with Crippen LogP contribution in [0.2, 0.25) is 5.02 Å². The first-order valence-corrected chi connectivity index (χ1v) is 6.54. The van der Waals surface area contributed by atoms with E-state index < -0.39 is 6.10 Å². The minimum Gasteiger partial charge on any atom is -0.489 e. The summed E-state index contributed by atoms with van der Waals surface area (Å²) in [5.41, 5.74) is 0. The highest BCUT2D eigenvalue weighted by molar-refractivity contribution is 6.32. The first-order valence-electron chi connectivity index (χ1n) is 6.17. The molecular weight excluding hydrogens is 254 g/mol. The highest BCUT2D eigenvalue weighted by atomic mass is 35.5. The first kappa shape index (κ1) is 15.2. The van der Waals surface area contributed by atoms with Crippen molar-refractivity contribution in [3.8, 4) is 5.75 Å². The number of aliphatic hydroxyl groups excluding tert-OH is 2. The number of para-hydroxylation sites is 1. The maximum absolute atomic E-state index is 9.76. The lowest BCUT2D eigenvalue weighted by atomic mass is 10.2. The van der Waals surface area contributed by atoms with E-state index in [4.69, 9.17) is 21.4 Å². The number of nitrogens with two attached hydrogens (primary N) is 1. The Hall–Kier alpha value is -0.810. The molecule has 0 aliphatic carbocycles. The average molecular weight is 275 g/mol. The Morgan fingerprint density at radius 3 is 2.72 bits per heavy atom. The summed E-state index contributed by atoms with van der Waals surface area (Å²) in [5, 5.41) is 21.3. The maximum Gasteiger partial charge on any atom is 0.138 e. The monoisotopic (exact) mass is 274 g/mol. The summed E-state index contributed by atoms with van der Waals surface area (Å²) in [6.45, 7) is 2.82. The molecular formula is C13H21ClNO3+. The van der Waals surface area contributed by atoms with Crippen LogP contribution in [0.1, 0.15) is 13.3 Å². The summed E-state index contributed by atoms with van der Waals surface area (Å²) in [6.07, 6.45) is 0.288. The second kappa shape index (κ2) is 8.32. The molecule has 0 spiro atoms. The zero-order valence-corrected chi connectivity index (χ0v) is 11.3. The number of rotatable bonds is 8. The normalized spacial score (nSPS) is 14.2. The Morgan fingerprint density at radius 2 is 2.11 bits per heavy atom. The molecule has 0 saturated heterocycles. The van der Waals surface area contributed by atoms with Gasteiger partial charge in [-0.25, -0.2) is 0 Å². The quantitative estimate of drug-likeness (QED) is 0.643. The molecule has 1 aromatic carbocycles. The van der Waals surface area contributed by atoms with Gasteiger partial charge in [0.15, 0.2) is 0 Å². The summed E-state index contributed by atoms with van der Waals surface area (Å²) >= 11 is 5.93. The van der Waals surface area contributed by atoms with Gasteiger partial charge in [-0.1, -0.05) is 30.7 Å². The fourth-order valence-electron chi connectivity index (χ4n) is 1.54. The van der Waals surface area contributed by atoms with Gasteiger partial charge in [0.25, 0.3) is 0 Å². The molecule has 0 aromatic heterocycles. The van der Waals surface area contributed by atoms with Crippen molar-refractivity contribution in [2.24, 2.45) is 0 Å². The van der Waals surface area contributed by atoms with Crippen LogP contribution in [0.4, 0.5) is 0 Å². The zero-order chi connectivity index (χ0) is 13.4. The summed E-state index contributed by atoms with van der Waals surface area (Å²) in [4.78, 5) is 0. The highest BCUT2D eigenvalue weighted by Crippen LogP contribution is 2.22. The van der Waals surface area contributed by atoms with Crippen LogP contribution in [0.3, 0.4) is 0 Å². The van der Waals surface area contributed by atoms with E-state index in [2.05, 4.69) is 0 Å². The third-order valence-electron chi connectivity index (χ3n) is 2.77. The van der Waals surface area contributed by atoms with Crippen molar-refractivity contribution in [1.82, 2.24) is 0 Å². The van der Waals surface area contributed by atoms with Crippen LogP contribution >= 0.6 is 11.6 Å². The Labute approximate surface area is 113 Å². The van der Waals surface area contributed by atoms with Crippen LogP contribution in [0.25, 0.3) is 0 Å². The Balaban J connectivity index is 2.29. The molecule has 0 aliphatic rings. The van der Waals surface area contributed by atoms with Crippen LogP contribution < -0.4 is 10.1 Å². The molecule has 1 aromatic rings. The van der Waals surface area contributed by atoms with E-state index in [1.54, 1.807) is 12.1 Å². The van der Waals surface area contributed by atoms with Crippen LogP contribution in [0, 0.1) is 0 Å². The molecule has 18 heavy (non-hydrogen) atoms. The molecule has 0 bridgehead atoms. The fourth-order valence-corrected chi connectivity index (χ4v) is 1.73. The number of hydrogen-bond donors (Lipinski definition) is 3. The van der Waals surface area contributed by atoms with Gasteiger partial charge < -0.3 is 20.3 Å². The van der Waals surface area contributed by atoms with Gasteiger partial charge >= 0.3 is 0 Å². The average Bonchev–Trinajstić information content (AvgIpc) is 2.39. The Bertz CT molecular complexity index is 345. The number of ether oxygens (including phenoxy) is 1. The Morgan fingerprint density at radius 1 is 1.39 bits per heavy atom. The van der Waals surface area contributed by atoms with E-state index in [-0.39, 0.29) is 19.3 Å². The van der Waals surface area contributed by atoms with Crippen LogP contribution in [0.5, 0.6) is 5.75 Å². The topological polar surface area (TPSA) is 66.3 Å². The molecule has 0 saturated carbocycles. The fraction of sp³-hybridized carbons (Fsp3) is 0.538. The van der Waals surface area contributed by atoms with Crippen molar-refractivity contribution in [3.63, 3.8) is 0 Å². The van der Waals surface area contributed by atoms with E-state index in [1.165, 1.54) is 0 Å². The minimum atomic E-state index is -0.582. The number of halogens is 1. The number of aliphatic hydroxyl groups is 2. The SMILES string of the molecule is CC[C@H](CO)[NH2+]C[C@H](O)COc1ccccc1Cl. The van der Waals surface area contributed by atoms with Gasteiger partial charge in [-0.05, 0) is 18.6 Å². The van der Waals surface area contributed by atoms with Gasteiger partial charge in [-0.2, -0.15) is 0 Å². The first-order chi connectivity index (χ1) is 8.67. The van der Waals surface area contributed by atoms with E-state index in [0.717, 1.165) is 6.42 Å². The second-order valence-corrected chi connectivity index (χ2v) is 4.62. The molecule has 2 atom stereocenters. The molecule has 0 amide bonds. The number of hydrogen-bond acceptors (Lipinski definition) is 3. The molecule has 102 valence electrons. The van der Waals surface area contributed by atoms with Crippen LogP contribution in [-0.4, -0.2) is 42.1 Å². The molecule has 0 fully saturated rings. The maximum atomic E-state index is 9.76. The predicted molar refractivity (Wildman–Crippen MR) is 70.9 cm³/mol. The molecule has 1 rings (SSSR count). The van der Waals surface area contributed by atoms with E-state index in [0.29, 0.717) is 17.3 Å². The van der Waals surface area contributed by atoms with Crippen molar-refractivity contribution in [3.05, 3.63) is 29.3 Å². The second-order valence-electron chi connectivity index (χ2n) is 4.22. The summed E-state index contributed by atoms with van der Waals surface area (Å²) in [5.74, 6) is 0.576. The highest BCUT2D eigenvalue weighted by Gasteiger charge is 2.13. The van der Waals surface area contributed by atoms with Crippen LogP contribution in [0.15, 0.2) is 24.3 Å². The lowest BCUT2D eigenvalue weighted by molar-refractivity contribution is -0.696. The molecule has 5 heteroatoms. The number of benzene rings is 1. The molecule has 0 heterocycles. The Kier molecular flexibility index (Phi) is 7.05. The van der Waals surface area contributed by atoms with Crippen molar-refractivity contribution >= 4 is 11.6 Å². The number of quaternary nitrogens is 1. The van der Waals surface area contributed by atoms with Gasteiger partial charge in [-0.3, -0.25) is 0 Å². The van der Waals surface area contributed by atoms with Gasteiger partial charge in [0.05, 0.1) is 11.6 Å². The molecule has 4 nitrogen and oxygen atoms in total. The van der Waals surface area contributed by atoms with E-state index in [1.807, 2.05) is 24.4 Å². The van der Waals surface area contributed by atoms with Gasteiger partial charge in [0.1, 0.15) is 31.0 Å². The largest absolute Gasteiger partial charge is 0.489 e. The lowest BCUT2D eigenvalue weighted by Crippen LogP contribution is -2.92. The zero-order valence-electron chi connectivity index (χ0n) is 10.6. The van der Waals surface area contributed by atoms with Crippen molar-refractivity contribution in [2.75, 3.05) is 19.8 Å². The predicted octanol–water partition coefficient (Wildman–Crippen LogP) is 0.414. The lowest BCUT2D eigenvalue weighted by Gasteiger charge is -2.15. The minimum absolute atomic E-state index is 0.120.